The minimum absolute atomic E-state index is 0.0180. The number of rotatable bonds is 3. The van der Waals surface area contributed by atoms with Crippen LogP contribution in [0.5, 0.6) is 5.75 Å². The van der Waals surface area contributed by atoms with Gasteiger partial charge < -0.3 is 14.8 Å². The summed E-state index contributed by atoms with van der Waals surface area (Å²) in [6.45, 7) is 4.73. The van der Waals surface area contributed by atoms with E-state index in [1.165, 1.54) is 0 Å². The first-order chi connectivity index (χ1) is 14.9. The number of carbonyl (C=O) groups is 2. The van der Waals surface area contributed by atoms with Crippen LogP contribution in [0.25, 0.3) is 0 Å². The molecule has 4 aliphatic rings. The largest absolute Gasteiger partial charge is 0.495 e. The maximum Gasteiger partial charge on any atom is 0.306 e. The van der Waals surface area contributed by atoms with Gasteiger partial charge in [-0.1, -0.05) is 26.0 Å². The highest BCUT2D eigenvalue weighted by atomic mass is 16.5. The van der Waals surface area contributed by atoms with Crippen LogP contribution in [0, 0.1) is 34.5 Å². The molecule has 1 saturated heterocycles. The molecule has 0 radical (unpaired) electrons. The highest BCUT2D eigenvalue weighted by Crippen LogP contribution is 2.66. The Labute approximate surface area is 185 Å². The Morgan fingerprint density at radius 2 is 1.81 bits per heavy atom. The summed E-state index contributed by atoms with van der Waals surface area (Å²) >= 11 is 0. The number of benzene rings is 1. The zero-order chi connectivity index (χ0) is 21.8. The van der Waals surface area contributed by atoms with Gasteiger partial charge in [-0.3, -0.25) is 9.59 Å². The number of carbonyl (C=O) groups excluding carboxylic acids is 2. The molecular formula is C26H35NO4. The van der Waals surface area contributed by atoms with E-state index in [4.69, 9.17) is 9.47 Å². The molecule has 5 heteroatoms. The maximum absolute atomic E-state index is 13.4. The standard InChI is InChI=1S/C26H35NO4/c1-25-14-12-18-16(8-11-22-26(18,2)15-13-23(28)31-22)17(25)9-10-19(25)24(29)27-20-6-4-5-7-21(20)30-3/h4-7,16-19,22H,8-15H2,1-3H3,(H,27,29)/t16?,17?,18?,19-,22-,25+,26-/m1/s1. The highest BCUT2D eigenvalue weighted by molar-refractivity contribution is 5.94. The van der Waals surface area contributed by atoms with Crippen molar-refractivity contribution in [3.05, 3.63) is 24.3 Å². The molecule has 0 bridgehead atoms. The zero-order valence-electron chi connectivity index (χ0n) is 19.0. The van der Waals surface area contributed by atoms with E-state index in [-0.39, 0.29) is 34.7 Å². The lowest BCUT2D eigenvalue weighted by molar-refractivity contribution is -0.192. The molecular weight excluding hydrogens is 390 g/mol. The molecule has 1 aromatic rings. The smallest absolute Gasteiger partial charge is 0.306 e. The number of ether oxygens (including phenoxy) is 2. The molecule has 0 aromatic heterocycles. The van der Waals surface area contributed by atoms with Crippen molar-refractivity contribution in [1.82, 2.24) is 0 Å². The molecule has 5 rings (SSSR count). The van der Waals surface area contributed by atoms with Crippen LogP contribution in [0.15, 0.2) is 24.3 Å². The number of hydrogen-bond donors (Lipinski definition) is 1. The molecule has 7 atom stereocenters. The number of esters is 1. The van der Waals surface area contributed by atoms with Gasteiger partial charge in [-0.25, -0.2) is 0 Å². The molecule has 1 N–H and O–H groups in total. The molecule has 1 heterocycles. The third-order valence-electron chi connectivity index (χ3n) is 9.60. The van der Waals surface area contributed by atoms with Crippen molar-refractivity contribution in [2.75, 3.05) is 12.4 Å². The third-order valence-corrected chi connectivity index (χ3v) is 9.60. The van der Waals surface area contributed by atoms with Crippen molar-refractivity contribution in [1.29, 1.82) is 0 Å². The van der Waals surface area contributed by atoms with E-state index >= 15 is 0 Å². The summed E-state index contributed by atoms with van der Waals surface area (Å²) in [5.41, 5.74) is 0.908. The Hall–Kier alpha value is -2.04. The minimum Gasteiger partial charge on any atom is -0.495 e. The molecule has 5 nitrogen and oxygen atoms in total. The Morgan fingerprint density at radius 3 is 2.61 bits per heavy atom. The maximum atomic E-state index is 13.4. The molecule has 1 aromatic carbocycles. The molecule has 1 aliphatic heterocycles. The average Bonchev–Trinajstić information content (AvgIpc) is 3.12. The van der Waals surface area contributed by atoms with Crippen molar-refractivity contribution in [3.63, 3.8) is 0 Å². The molecule has 3 saturated carbocycles. The fourth-order valence-electron chi connectivity index (χ4n) is 7.95. The number of methoxy groups -OCH3 is 1. The van der Waals surface area contributed by atoms with Crippen molar-refractivity contribution in [2.24, 2.45) is 34.5 Å². The van der Waals surface area contributed by atoms with E-state index in [0.29, 0.717) is 29.9 Å². The van der Waals surface area contributed by atoms with Crippen molar-refractivity contribution >= 4 is 17.6 Å². The molecule has 31 heavy (non-hydrogen) atoms. The van der Waals surface area contributed by atoms with Gasteiger partial charge in [-0.15, -0.1) is 0 Å². The molecule has 1 amide bonds. The number of nitrogens with one attached hydrogen (secondary N) is 1. The number of para-hydroxylation sites is 2. The fourth-order valence-corrected chi connectivity index (χ4v) is 7.95. The van der Waals surface area contributed by atoms with Crippen LogP contribution in [0.4, 0.5) is 5.69 Å². The minimum atomic E-state index is -0.0180. The van der Waals surface area contributed by atoms with Crippen LogP contribution in [0.2, 0.25) is 0 Å². The lowest BCUT2D eigenvalue weighted by Gasteiger charge is -2.59. The Morgan fingerprint density at radius 1 is 1.03 bits per heavy atom. The number of amides is 1. The summed E-state index contributed by atoms with van der Waals surface area (Å²) in [6.07, 6.45) is 8.02. The second-order valence-electron chi connectivity index (χ2n) is 10.8. The Bertz CT molecular complexity index is 884. The van der Waals surface area contributed by atoms with Crippen molar-refractivity contribution < 1.29 is 19.1 Å². The van der Waals surface area contributed by atoms with Gasteiger partial charge in [0.05, 0.1) is 12.8 Å². The van der Waals surface area contributed by atoms with E-state index in [0.717, 1.165) is 50.6 Å². The number of hydrogen-bond acceptors (Lipinski definition) is 4. The van der Waals surface area contributed by atoms with E-state index in [9.17, 15) is 9.59 Å². The lowest BCUT2D eigenvalue weighted by Crippen LogP contribution is -2.56. The zero-order valence-corrected chi connectivity index (χ0v) is 19.0. The Kier molecular flexibility index (Phi) is 5.06. The molecule has 168 valence electrons. The van der Waals surface area contributed by atoms with Gasteiger partial charge in [-0.2, -0.15) is 0 Å². The van der Waals surface area contributed by atoms with Gasteiger partial charge >= 0.3 is 5.97 Å². The summed E-state index contributed by atoms with van der Waals surface area (Å²) in [5, 5.41) is 3.17. The molecule has 3 aliphatic carbocycles. The van der Waals surface area contributed by atoms with Crippen LogP contribution in [-0.2, 0) is 14.3 Å². The first-order valence-corrected chi connectivity index (χ1v) is 12.0. The second kappa shape index (κ2) is 7.53. The first-order valence-electron chi connectivity index (χ1n) is 12.0. The monoisotopic (exact) mass is 425 g/mol. The van der Waals surface area contributed by atoms with Crippen LogP contribution in [-0.4, -0.2) is 25.1 Å². The fraction of sp³-hybridized carbons (Fsp3) is 0.692. The van der Waals surface area contributed by atoms with Gasteiger partial charge in [0.1, 0.15) is 11.9 Å². The van der Waals surface area contributed by atoms with Crippen LogP contribution >= 0.6 is 0 Å². The quantitative estimate of drug-likeness (QED) is 0.676. The average molecular weight is 426 g/mol. The van der Waals surface area contributed by atoms with Gasteiger partial charge in [0.25, 0.3) is 0 Å². The summed E-state index contributed by atoms with van der Waals surface area (Å²) in [6, 6.07) is 7.64. The molecule has 4 fully saturated rings. The topological polar surface area (TPSA) is 64.6 Å². The SMILES string of the molecule is COc1ccccc1NC(=O)[C@H]1CCC2C3CC[C@H]4OC(=O)CC[C@]4(C)C3CC[C@@]21C. The van der Waals surface area contributed by atoms with Gasteiger partial charge in [0.2, 0.25) is 5.91 Å². The van der Waals surface area contributed by atoms with Crippen LogP contribution in [0.1, 0.15) is 65.2 Å². The predicted octanol–water partition coefficient (Wildman–Crippen LogP) is 5.20. The van der Waals surface area contributed by atoms with E-state index in [2.05, 4.69) is 19.2 Å². The van der Waals surface area contributed by atoms with Crippen molar-refractivity contribution in [3.8, 4) is 5.75 Å². The summed E-state index contributed by atoms with van der Waals surface area (Å²) in [4.78, 5) is 25.3. The molecule has 3 unspecified atom stereocenters. The predicted molar refractivity (Wildman–Crippen MR) is 119 cm³/mol. The van der Waals surface area contributed by atoms with Gasteiger partial charge in [0.15, 0.2) is 0 Å². The van der Waals surface area contributed by atoms with E-state index in [1.807, 2.05) is 24.3 Å². The first kappa shape index (κ1) is 20.8. The normalized spacial score (nSPS) is 41.4. The van der Waals surface area contributed by atoms with Crippen molar-refractivity contribution in [2.45, 2.75) is 71.3 Å². The van der Waals surface area contributed by atoms with Crippen LogP contribution in [0.3, 0.4) is 0 Å². The lowest BCUT2D eigenvalue weighted by atomic mass is 9.47. The summed E-state index contributed by atoms with van der Waals surface area (Å²) in [5.74, 6) is 2.69. The van der Waals surface area contributed by atoms with E-state index < -0.39 is 0 Å². The number of anilines is 1. The van der Waals surface area contributed by atoms with Crippen LogP contribution < -0.4 is 10.1 Å². The van der Waals surface area contributed by atoms with Gasteiger partial charge in [0, 0.05) is 17.8 Å². The molecule has 0 spiro atoms. The van der Waals surface area contributed by atoms with E-state index in [1.54, 1.807) is 7.11 Å². The van der Waals surface area contributed by atoms with Gasteiger partial charge in [-0.05, 0) is 80.2 Å². The summed E-state index contributed by atoms with van der Waals surface area (Å²) < 4.78 is 11.2. The highest BCUT2D eigenvalue weighted by Gasteiger charge is 2.62. The Balaban J connectivity index is 1.35. The third kappa shape index (κ3) is 3.18. The summed E-state index contributed by atoms with van der Waals surface area (Å²) in [7, 11) is 1.64. The number of fused-ring (bicyclic) bond motifs is 5. The second-order valence-corrected chi connectivity index (χ2v) is 10.8.